The van der Waals surface area contributed by atoms with E-state index < -0.39 is 29.8 Å². The number of carbonyl (C=O) groups is 3. The van der Waals surface area contributed by atoms with E-state index in [1.807, 2.05) is 5.32 Å². The maximum Gasteiger partial charge on any atom is 0.341 e. The Bertz CT molecular complexity index is 592. The van der Waals surface area contributed by atoms with E-state index in [2.05, 4.69) is 5.32 Å². The molecule has 1 rings (SSSR count). The Hall–Kier alpha value is -2.15. The number of amides is 3. The van der Waals surface area contributed by atoms with Gasteiger partial charge in [0, 0.05) is 11.1 Å². The molecule has 0 radical (unpaired) electrons. The number of urea groups is 1. The molecule has 0 fully saturated rings. The minimum absolute atomic E-state index is 0.130. The zero-order chi connectivity index (χ0) is 16.9. The summed E-state index contributed by atoms with van der Waals surface area (Å²) in [5.74, 6) is -2.70. The molecule has 8 heteroatoms. The summed E-state index contributed by atoms with van der Waals surface area (Å²) >= 11 is 5.58. The molecule has 0 spiro atoms. The van der Waals surface area contributed by atoms with E-state index in [0.29, 0.717) is 0 Å². The highest BCUT2D eigenvalue weighted by Gasteiger charge is 2.22. The number of benzene rings is 1. The fourth-order valence-corrected chi connectivity index (χ4v) is 1.60. The maximum absolute atomic E-state index is 13.6. The highest BCUT2D eigenvalue weighted by molar-refractivity contribution is 6.30. The van der Waals surface area contributed by atoms with Gasteiger partial charge < -0.3 is 10.1 Å². The molecule has 0 aliphatic rings. The molecular weight excluding hydrogens is 315 g/mol. The van der Waals surface area contributed by atoms with Crippen LogP contribution >= 0.6 is 11.6 Å². The van der Waals surface area contributed by atoms with E-state index in [-0.39, 0.29) is 16.6 Å². The van der Waals surface area contributed by atoms with Gasteiger partial charge in [0.2, 0.25) is 0 Å². The number of halogens is 2. The van der Waals surface area contributed by atoms with Gasteiger partial charge in [-0.3, -0.25) is 10.1 Å². The van der Waals surface area contributed by atoms with Crippen molar-refractivity contribution in [2.75, 3.05) is 0 Å². The van der Waals surface area contributed by atoms with E-state index >= 15 is 0 Å². The van der Waals surface area contributed by atoms with Crippen molar-refractivity contribution in [1.29, 1.82) is 0 Å². The van der Waals surface area contributed by atoms with Gasteiger partial charge in [0.1, 0.15) is 5.82 Å². The molecule has 2 N–H and O–H groups in total. The quantitative estimate of drug-likeness (QED) is 0.829. The molecule has 1 aromatic carbocycles. The van der Waals surface area contributed by atoms with E-state index in [0.717, 1.165) is 12.1 Å². The van der Waals surface area contributed by atoms with Gasteiger partial charge in [0.25, 0.3) is 5.91 Å². The van der Waals surface area contributed by atoms with Crippen LogP contribution in [0.3, 0.4) is 0 Å². The van der Waals surface area contributed by atoms with Gasteiger partial charge in [0.05, 0.1) is 5.56 Å². The lowest BCUT2D eigenvalue weighted by atomic mass is 10.2. The number of nitrogens with one attached hydrogen (secondary N) is 2. The van der Waals surface area contributed by atoms with Crippen molar-refractivity contribution in [3.8, 4) is 0 Å². The minimum Gasteiger partial charge on any atom is -0.449 e. The largest absolute Gasteiger partial charge is 0.449 e. The van der Waals surface area contributed by atoms with Gasteiger partial charge in [0.15, 0.2) is 6.10 Å². The first-order valence-electron chi connectivity index (χ1n) is 6.48. The van der Waals surface area contributed by atoms with E-state index in [1.165, 1.54) is 13.0 Å². The van der Waals surface area contributed by atoms with E-state index in [9.17, 15) is 18.8 Å². The number of hydrogen-bond acceptors (Lipinski definition) is 4. The van der Waals surface area contributed by atoms with E-state index in [1.54, 1.807) is 13.8 Å². The third-order valence-corrected chi connectivity index (χ3v) is 2.70. The smallest absolute Gasteiger partial charge is 0.341 e. The van der Waals surface area contributed by atoms with Crippen molar-refractivity contribution in [1.82, 2.24) is 10.6 Å². The lowest BCUT2D eigenvalue weighted by Crippen LogP contribution is -2.46. The van der Waals surface area contributed by atoms with E-state index in [4.69, 9.17) is 16.3 Å². The summed E-state index contributed by atoms with van der Waals surface area (Å²) in [6, 6.07) is 2.56. The third-order valence-electron chi connectivity index (χ3n) is 2.46. The van der Waals surface area contributed by atoms with Crippen molar-refractivity contribution < 1.29 is 23.5 Å². The van der Waals surface area contributed by atoms with Crippen molar-refractivity contribution in [2.45, 2.75) is 32.9 Å². The Labute approximate surface area is 132 Å². The molecule has 6 nitrogen and oxygen atoms in total. The van der Waals surface area contributed by atoms with Gasteiger partial charge in [-0.05, 0) is 39.0 Å². The van der Waals surface area contributed by atoms with Crippen molar-refractivity contribution >= 4 is 29.5 Å². The van der Waals surface area contributed by atoms with Gasteiger partial charge >= 0.3 is 12.0 Å². The number of imide groups is 1. The molecule has 1 aromatic rings. The summed E-state index contributed by atoms with van der Waals surface area (Å²) in [5, 5.41) is 4.58. The second-order valence-corrected chi connectivity index (χ2v) is 5.23. The van der Waals surface area contributed by atoms with Crippen LogP contribution < -0.4 is 10.6 Å². The lowest BCUT2D eigenvalue weighted by Gasteiger charge is -2.14. The van der Waals surface area contributed by atoms with Crippen molar-refractivity contribution in [3.05, 3.63) is 34.6 Å². The zero-order valence-corrected chi connectivity index (χ0v) is 13.0. The molecule has 22 heavy (non-hydrogen) atoms. The summed E-state index contributed by atoms with van der Waals surface area (Å²) in [4.78, 5) is 34.8. The SMILES string of the molecule is CC(C)NC(=O)NC(=O)[C@H](C)OC(=O)c1ccc(Cl)cc1F. The predicted octanol–water partition coefficient (Wildman–Crippen LogP) is 2.26. The molecule has 0 unspecified atom stereocenters. The van der Waals surface area contributed by atoms with Crippen LogP contribution in [0.1, 0.15) is 31.1 Å². The number of carbonyl (C=O) groups excluding carboxylic acids is 3. The van der Waals surface area contributed by atoms with Crippen LogP contribution in [0, 0.1) is 5.82 Å². The highest BCUT2D eigenvalue weighted by Crippen LogP contribution is 2.16. The normalized spacial score (nSPS) is 11.7. The topological polar surface area (TPSA) is 84.5 Å². The Morgan fingerprint density at radius 3 is 2.41 bits per heavy atom. The summed E-state index contributed by atoms with van der Waals surface area (Å²) in [6.07, 6.45) is -1.26. The molecular formula is C14H16ClFN2O4. The molecule has 3 amide bonds. The van der Waals surface area contributed by atoms with Crippen LogP contribution in [0.15, 0.2) is 18.2 Å². The third kappa shape index (κ3) is 5.33. The molecule has 0 saturated carbocycles. The lowest BCUT2D eigenvalue weighted by molar-refractivity contribution is -0.127. The first kappa shape index (κ1) is 17.9. The molecule has 0 heterocycles. The molecule has 120 valence electrons. The van der Waals surface area contributed by atoms with Gasteiger partial charge in [-0.2, -0.15) is 0 Å². The fraction of sp³-hybridized carbons (Fsp3) is 0.357. The van der Waals surface area contributed by atoms with Gasteiger partial charge in [-0.15, -0.1) is 0 Å². The van der Waals surface area contributed by atoms with Crippen molar-refractivity contribution in [2.24, 2.45) is 0 Å². The average molecular weight is 331 g/mol. The molecule has 0 aliphatic heterocycles. The van der Waals surface area contributed by atoms with Crippen LogP contribution in [0.25, 0.3) is 0 Å². The van der Waals surface area contributed by atoms with Gasteiger partial charge in [-0.25, -0.2) is 14.0 Å². The fourth-order valence-electron chi connectivity index (χ4n) is 1.44. The molecule has 1 atom stereocenters. The van der Waals surface area contributed by atoms with Gasteiger partial charge in [-0.1, -0.05) is 11.6 Å². The second kappa shape index (κ2) is 7.74. The van der Waals surface area contributed by atoms with Crippen LogP contribution in [-0.4, -0.2) is 30.1 Å². The molecule has 0 bridgehead atoms. The average Bonchev–Trinajstić information content (AvgIpc) is 2.36. The van der Waals surface area contributed by atoms with Crippen molar-refractivity contribution in [3.63, 3.8) is 0 Å². The monoisotopic (exact) mass is 330 g/mol. The summed E-state index contributed by atoms with van der Waals surface area (Å²) in [7, 11) is 0. The van der Waals surface area contributed by atoms with Crippen LogP contribution in [0.4, 0.5) is 9.18 Å². The number of rotatable bonds is 4. The Morgan fingerprint density at radius 2 is 1.86 bits per heavy atom. The Morgan fingerprint density at radius 1 is 1.23 bits per heavy atom. The molecule has 0 aromatic heterocycles. The molecule has 0 aliphatic carbocycles. The number of esters is 1. The minimum atomic E-state index is -1.26. The summed E-state index contributed by atoms with van der Waals surface area (Å²) in [6.45, 7) is 4.71. The Kier molecular flexibility index (Phi) is 6.30. The zero-order valence-electron chi connectivity index (χ0n) is 12.3. The summed E-state index contributed by atoms with van der Waals surface area (Å²) in [5.41, 5.74) is -0.351. The van der Waals surface area contributed by atoms with Crippen LogP contribution in [0.5, 0.6) is 0 Å². The molecule has 0 saturated heterocycles. The first-order valence-corrected chi connectivity index (χ1v) is 6.86. The van der Waals surface area contributed by atoms with Crippen LogP contribution in [0.2, 0.25) is 5.02 Å². The maximum atomic E-state index is 13.6. The van der Waals surface area contributed by atoms with Crippen LogP contribution in [-0.2, 0) is 9.53 Å². The standard InChI is InChI=1S/C14H16ClFN2O4/c1-7(2)17-14(21)18-12(19)8(3)22-13(20)10-5-4-9(15)6-11(10)16/h4-8H,1-3H3,(H2,17,18,19,21)/t8-/m0/s1. The number of hydrogen-bond donors (Lipinski definition) is 2. The Balaban J connectivity index is 2.63. The summed E-state index contributed by atoms with van der Waals surface area (Å²) < 4.78 is 18.4. The predicted molar refractivity (Wildman–Crippen MR) is 78.1 cm³/mol. The number of ether oxygens (including phenoxy) is 1. The second-order valence-electron chi connectivity index (χ2n) is 4.79. The first-order chi connectivity index (χ1) is 10.2. The highest BCUT2D eigenvalue weighted by atomic mass is 35.5.